The van der Waals surface area contributed by atoms with E-state index in [1.165, 1.54) is 5.52 Å². The van der Waals surface area contributed by atoms with Gasteiger partial charge in [-0.1, -0.05) is 19.1 Å². The maximum atomic E-state index is 5.30. The molecule has 0 bridgehead atoms. The number of ether oxygens (including phenoxy) is 1. The topological polar surface area (TPSA) is 63.5 Å². The van der Waals surface area contributed by atoms with Crippen LogP contribution in [0.4, 0.5) is 0 Å². The molecule has 0 radical (unpaired) electrons. The first-order valence-electron chi connectivity index (χ1n) is 9.13. The molecule has 1 aromatic heterocycles. The van der Waals surface area contributed by atoms with Gasteiger partial charge in [0, 0.05) is 25.0 Å². The summed E-state index contributed by atoms with van der Waals surface area (Å²) in [4.78, 5) is 9.33. The van der Waals surface area contributed by atoms with Gasteiger partial charge >= 0.3 is 0 Å². The number of aryl methyl sites for hydroxylation is 2. The van der Waals surface area contributed by atoms with Gasteiger partial charge in [-0.15, -0.1) is 0 Å². The number of fused-ring (bicyclic) bond motifs is 1. The van der Waals surface area contributed by atoms with Crippen molar-refractivity contribution in [3.63, 3.8) is 0 Å². The van der Waals surface area contributed by atoms with Crippen LogP contribution in [0.1, 0.15) is 26.1 Å². The Morgan fingerprint density at radius 2 is 2.12 bits per heavy atom. The van der Waals surface area contributed by atoms with Gasteiger partial charge in [0.25, 0.3) is 0 Å². The van der Waals surface area contributed by atoms with Crippen LogP contribution >= 0.6 is 0 Å². The number of nitrogens with zero attached hydrogens (tertiary/aromatic N) is 3. The molecule has 25 heavy (non-hydrogen) atoms. The van der Waals surface area contributed by atoms with Gasteiger partial charge in [0.1, 0.15) is 5.82 Å². The minimum atomic E-state index is 0.204. The molecule has 0 saturated carbocycles. The normalized spacial score (nSPS) is 16.7. The van der Waals surface area contributed by atoms with E-state index in [0.717, 1.165) is 63.1 Å². The largest absolute Gasteiger partial charge is 0.380 e. The number of guanidine groups is 1. The second kappa shape index (κ2) is 7.87. The number of hydrogen-bond acceptors (Lipinski definition) is 3. The maximum Gasteiger partial charge on any atom is 0.191 e. The zero-order valence-electron chi connectivity index (χ0n) is 15.5. The molecule has 1 aliphatic rings. The van der Waals surface area contributed by atoms with Crippen LogP contribution < -0.4 is 10.6 Å². The first-order chi connectivity index (χ1) is 12.1. The molecule has 0 unspecified atom stereocenters. The lowest BCUT2D eigenvalue weighted by atomic mass is 9.89. The van der Waals surface area contributed by atoms with Crippen LogP contribution in [-0.4, -0.2) is 48.4 Å². The van der Waals surface area contributed by atoms with Crippen LogP contribution in [0.25, 0.3) is 11.0 Å². The van der Waals surface area contributed by atoms with E-state index in [9.17, 15) is 0 Å². The number of rotatable bonds is 7. The van der Waals surface area contributed by atoms with Crippen molar-refractivity contribution in [3.8, 4) is 0 Å². The van der Waals surface area contributed by atoms with Gasteiger partial charge in [0.15, 0.2) is 5.96 Å². The fourth-order valence-corrected chi connectivity index (χ4v) is 3.08. The van der Waals surface area contributed by atoms with Crippen molar-refractivity contribution in [1.82, 2.24) is 20.2 Å². The zero-order chi connectivity index (χ0) is 17.7. The third-order valence-corrected chi connectivity index (χ3v) is 4.56. The Bertz CT molecular complexity index is 732. The van der Waals surface area contributed by atoms with E-state index in [2.05, 4.69) is 59.2 Å². The molecular weight excluding hydrogens is 314 g/mol. The third-order valence-electron chi connectivity index (χ3n) is 4.56. The molecule has 6 nitrogen and oxygen atoms in total. The highest BCUT2D eigenvalue weighted by Gasteiger charge is 2.33. The van der Waals surface area contributed by atoms with Crippen molar-refractivity contribution in [2.75, 3.05) is 32.8 Å². The summed E-state index contributed by atoms with van der Waals surface area (Å²) in [5.41, 5.74) is 2.48. The van der Waals surface area contributed by atoms with Gasteiger partial charge < -0.3 is 19.9 Å². The molecule has 1 aromatic carbocycles. The summed E-state index contributed by atoms with van der Waals surface area (Å²) >= 11 is 0. The quantitative estimate of drug-likeness (QED) is 0.460. The highest BCUT2D eigenvalue weighted by atomic mass is 16.5. The maximum absolute atomic E-state index is 5.30. The molecule has 1 fully saturated rings. The molecular formula is C19H29N5O. The molecule has 6 heteroatoms. The van der Waals surface area contributed by atoms with Crippen LogP contribution in [0.5, 0.6) is 0 Å². The molecule has 3 rings (SSSR count). The highest BCUT2D eigenvalue weighted by molar-refractivity contribution is 5.79. The van der Waals surface area contributed by atoms with E-state index < -0.39 is 0 Å². The Hall–Kier alpha value is -2.08. The van der Waals surface area contributed by atoms with Crippen molar-refractivity contribution < 1.29 is 4.74 Å². The van der Waals surface area contributed by atoms with Gasteiger partial charge in [-0.05, 0) is 32.4 Å². The molecule has 0 amide bonds. The number of imidazole rings is 1. The van der Waals surface area contributed by atoms with Crippen LogP contribution in [-0.2, 0) is 11.3 Å². The van der Waals surface area contributed by atoms with Crippen LogP contribution in [0.15, 0.2) is 29.3 Å². The summed E-state index contributed by atoms with van der Waals surface area (Å²) in [5.74, 6) is 1.96. The lowest BCUT2D eigenvalue weighted by Crippen LogP contribution is -2.44. The standard InChI is InChI=1S/C19H29N5O/c1-4-20-18(22-12-19(3)13-25-14-19)21-10-7-11-24-15(2)23-16-8-5-6-9-17(16)24/h5-6,8-9H,4,7,10-14H2,1-3H3,(H2,20,21,22). The molecule has 0 aliphatic carbocycles. The Morgan fingerprint density at radius 3 is 2.84 bits per heavy atom. The first-order valence-corrected chi connectivity index (χ1v) is 9.13. The second-order valence-corrected chi connectivity index (χ2v) is 7.08. The first kappa shape index (κ1) is 17.7. The monoisotopic (exact) mass is 343 g/mol. The Labute approximate surface area is 149 Å². The van der Waals surface area contributed by atoms with Gasteiger partial charge in [0.2, 0.25) is 0 Å². The predicted octanol–water partition coefficient (Wildman–Crippen LogP) is 2.33. The molecule has 1 saturated heterocycles. The summed E-state index contributed by atoms with van der Waals surface area (Å²) in [6, 6.07) is 8.31. The van der Waals surface area contributed by atoms with E-state index in [1.54, 1.807) is 0 Å². The summed E-state index contributed by atoms with van der Waals surface area (Å²) in [5, 5.41) is 6.75. The second-order valence-electron chi connectivity index (χ2n) is 7.08. The lowest BCUT2D eigenvalue weighted by molar-refractivity contribution is -0.0945. The highest BCUT2D eigenvalue weighted by Crippen LogP contribution is 2.26. The molecule has 1 aliphatic heterocycles. The summed E-state index contributed by atoms with van der Waals surface area (Å²) in [6.07, 6.45) is 1.02. The van der Waals surface area contributed by atoms with E-state index in [0.29, 0.717) is 0 Å². The number of nitrogens with one attached hydrogen (secondary N) is 2. The van der Waals surface area contributed by atoms with Crippen LogP contribution in [0, 0.1) is 12.3 Å². The minimum Gasteiger partial charge on any atom is -0.380 e. The predicted molar refractivity (Wildman–Crippen MR) is 102 cm³/mol. The Balaban J connectivity index is 1.51. The van der Waals surface area contributed by atoms with E-state index >= 15 is 0 Å². The number of hydrogen-bond donors (Lipinski definition) is 2. The average Bonchev–Trinajstić information content (AvgIpc) is 2.90. The Kier molecular flexibility index (Phi) is 5.58. The van der Waals surface area contributed by atoms with Crippen molar-refractivity contribution in [2.45, 2.75) is 33.7 Å². The zero-order valence-corrected chi connectivity index (χ0v) is 15.5. The smallest absolute Gasteiger partial charge is 0.191 e. The van der Waals surface area contributed by atoms with Gasteiger partial charge in [-0.3, -0.25) is 4.99 Å². The summed E-state index contributed by atoms with van der Waals surface area (Å²) < 4.78 is 7.58. The Morgan fingerprint density at radius 1 is 1.32 bits per heavy atom. The fraction of sp³-hybridized carbons (Fsp3) is 0.579. The van der Waals surface area contributed by atoms with Gasteiger partial charge in [-0.25, -0.2) is 4.98 Å². The average molecular weight is 343 g/mol. The van der Waals surface area contributed by atoms with E-state index in [4.69, 9.17) is 9.73 Å². The molecule has 0 atom stereocenters. The minimum absolute atomic E-state index is 0.204. The SMILES string of the molecule is CCNC(=NCC1(C)COC1)NCCCn1c(C)nc2ccccc21. The van der Waals surface area contributed by atoms with E-state index in [1.807, 2.05) is 6.07 Å². The van der Waals surface area contributed by atoms with Gasteiger partial charge in [-0.2, -0.15) is 0 Å². The molecule has 2 aromatic rings. The van der Waals surface area contributed by atoms with Crippen molar-refractivity contribution in [3.05, 3.63) is 30.1 Å². The van der Waals surface area contributed by atoms with Crippen molar-refractivity contribution in [1.29, 1.82) is 0 Å². The molecule has 0 spiro atoms. The number of benzene rings is 1. The molecule has 2 heterocycles. The summed E-state index contributed by atoms with van der Waals surface area (Å²) in [7, 11) is 0. The van der Waals surface area contributed by atoms with Gasteiger partial charge in [0.05, 0.1) is 30.8 Å². The summed E-state index contributed by atoms with van der Waals surface area (Å²) in [6.45, 7) is 11.5. The number of aromatic nitrogens is 2. The van der Waals surface area contributed by atoms with Crippen molar-refractivity contribution >= 4 is 17.0 Å². The van der Waals surface area contributed by atoms with Crippen molar-refractivity contribution in [2.24, 2.45) is 10.4 Å². The molecule has 136 valence electrons. The lowest BCUT2D eigenvalue weighted by Gasteiger charge is -2.36. The molecule has 2 N–H and O–H groups in total. The fourth-order valence-electron chi connectivity index (χ4n) is 3.08. The third kappa shape index (κ3) is 4.31. The van der Waals surface area contributed by atoms with E-state index in [-0.39, 0.29) is 5.41 Å². The number of aliphatic imine (C=N–C) groups is 1. The number of para-hydroxylation sites is 2. The van der Waals surface area contributed by atoms with Crippen LogP contribution in [0.3, 0.4) is 0 Å². The van der Waals surface area contributed by atoms with Crippen LogP contribution in [0.2, 0.25) is 0 Å².